The zero-order valence-electron chi connectivity index (χ0n) is 17.7. The van der Waals surface area contributed by atoms with E-state index in [9.17, 15) is 9.18 Å². The van der Waals surface area contributed by atoms with Gasteiger partial charge in [0.15, 0.2) is 0 Å². The Morgan fingerprint density at radius 3 is 2.72 bits per heavy atom. The Hall–Kier alpha value is -3.39. The summed E-state index contributed by atoms with van der Waals surface area (Å²) in [5, 5.41) is 0. The van der Waals surface area contributed by atoms with E-state index in [1.807, 2.05) is 42.0 Å². The van der Waals surface area contributed by atoms with Gasteiger partial charge in [0.2, 0.25) is 0 Å². The highest BCUT2D eigenvalue weighted by Gasteiger charge is 2.38. The first-order valence-electron chi connectivity index (χ1n) is 10.3. The summed E-state index contributed by atoms with van der Waals surface area (Å²) in [7, 11) is 1.62. The second-order valence-corrected chi connectivity index (χ2v) is 8.75. The number of imidazole rings is 1. The number of amidine groups is 1. The van der Waals surface area contributed by atoms with Crippen molar-refractivity contribution in [1.82, 2.24) is 14.5 Å². The first kappa shape index (κ1) is 20.5. The van der Waals surface area contributed by atoms with Gasteiger partial charge in [0.25, 0.3) is 5.91 Å². The molecule has 0 radical (unpaired) electrons. The zero-order valence-corrected chi connectivity index (χ0v) is 18.5. The van der Waals surface area contributed by atoms with Crippen molar-refractivity contribution in [1.29, 1.82) is 0 Å². The molecule has 6 nitrogen and oxygen atoms in total. The van der Waals surface area contributed by atoms with E-state index in [2.05, 4.69) is 9.98 Å². The number of benzene rings is 2. The number of aryl methyl sites for hydroxylation is 1. The van der Waals surface area contributed by atoms with E-state index < -0.39 is 0 Å². The summed E-state index contributed by atoms with van der Waals surface area (Å²) in [6.45, 7) is 2.56. The highest BCUT2D eigenvalue weighted by atomic mass is 32.2. The number of hydrogen-bond acceptors (Lipinski definition) is 5. The molecular weight excluding hydrogens is 427 g/mol. The second-order valence-electron chi connectivity index (χ2n) is 7.64. The number of ether oxygens (including phenoxy) is 1. The van der Waals surface area contributed by atoms with Crippen molar-refractivity contribution in [3.05, 3.63) is 83.0 Å². The number of aromatic nitrogens is 2. The number of amides is 1. The van der Waals surface area contributed by atoms with Gasteiger partial charge < -0.3 is 9.30 Å². The number of fused-ring (bicyclic) bond motifs is 1. The number of carbonyl (C=O) groups excluding carboxylic acids is 1. The Labute approximate surface area is 189 Å². The first-order valence-corrected chi connectivity index (χ1v) is 11.1. The fourth-order valence-corrected chi connectivity index (χ4v) is 4.92. The van der Waals surface area contributed by atoms with Crippen LogP contribution >= 0.6 is 11.8 Å². The molecule has 0 saturated carbocycles. The van der Waals surface area contributed by atoms with Crippen LogP contribution in [0.5, 0.6) is 5.75 Å². The lowest BCUT2D eigenvalue weighted by atomic mass is 10.0. The van der Waals surface area contributed by atoms with Crippen LogP contribution in [0.15, 0.2) is 75.9 Å². The SMILES string of the molecule is COc1cc(SC2=CC3=NCCC(c4ccc(F)cc4)N3C2=O)ccc1-n1cnc(C)c1. The van der Waals surface area contributed by atoms with E-state index in [1.54, 1.807) is 30.5 Å². The van der Waals surface area contributed by atoms with Crippen molar-refractivity contribution < 1.29 is 13.9 Å². The van der Waals surface area contributed by atoms with Gasteiger partial charge in [-0.1, -0.05) is 23.9 Å². The minimum absolute atomic E-state index is 0.0870. The van der Waals surface area contributed by atoms with Gasteiger partial charge in [-0.25, -0.2) is 9.37 Å². The van der Waals surface area contributed by atoms with Gasteiger partial charge in [-0.05, 0) is 49.2 Å². The molecule has 0 fully saturated rings. The number of aliphatic imine (C=N–C) groups is 1. The number of hydrogen-bond donors (Lipinski definition) is 0. The van der Waals surface area contributed by atoms with Gasteiger partial charge in [-0.3, -0.25) is 14.7 Å². The molecule has 0 spiro atoms. The molecule has 1 unspecified atom stereocenters. The zero-order chi connectivity index (χ0) is 22.2. The Bertz CT molecular complexity index is 1250. The van der Waals surface area contributed by atoms with Gasteiger partial charge >= 0.3 is 0 Å². The third-order valence-corrected chi connectivity index (χ3v) is 6.55. The van der Waals surface area contributed by atoms with E-state index in [0.717, 1.165) is 21.8 Å². The molecule has 2 aliphatic rings. The van der Waals surface area contributed by atoms with Crippen LogP contribution in [0.2, 0.25) is 0 Å². The van der Waals surface area contributed by atoms with Crippen LogP contribution in [0.25, 0.3) is 5.69 Å². The molecule has 0 bridgehead atoms. The molecule has 0 saturated heterocycles. The van der Waals surface area contributed by atoms with Crippen LogP contribution in [-0.2, 0) is 4.79 Å². The van der Waals surface area contributed by atoms with Crippen molar-refractivity contribution in [2.75, 3.05) is 13.7 Å². The van der Waals surface area contributed by atoms with Crippen molar-refractivity contribution in [2.45, 2.75) is 24.3 Å². The van der Waals surface area contributed by atoms with Crippen LogP contribution in [0.1, 0.15) is 23.7 Å². The number of carbonyl (C=O) groups is 1. The van der Waals surface area contributed by atoms with E-state index in [0.29, 0.717) is 29.5 Å². The topological polar surface area (TPSA) is 59.7 Å². The van der Waals surface area contributed by atoms with Crippen LogP contribution in [0, 0.1) is 12.7 Å². The third kappa shape index (κ3) is 3.71. The fraction of sp³-hybridized carbons (Fsp3) is 0.208. The monoisotopic (exact) mass is 448 g/mol. The maximum atomic E-state index is 13.4. The predicted molar refractivity (Wildman–Crippen MR) is 122 cm³/mol. The summed E-state index contributed by atoms with van der Waals surface area (Å²) < 4.78 is 20.9. The summed E-state index contributed by atoms with van der Waals surface area (Å²) in [4.78, 5) is 25.3. The molecule has 3 aromatic rings. The molecule has 0 N–H and O–H groups in total. The van der Waals surface area contributed by atoms with Crippen molar-refractivity contribution in [3.8, 4) is 11.4 Å². The predicted octanol–water partition coefficient (Wildman–Crippen LogP) is 4.69. The summed E-state index contributed by atoms with van der Waals surface area (Å²) in [5.41, 5.74) is 2.70. The lowest BCUT2D eigenvalue weighted by Gasteiger charge is -2.31. The van der Waals surface area contributed by atoms with Gasteiger partial charge in [0.1, 0.15) is 17.4 Å². The molecular formula is C24H21FN4O2S. The lowest BCUT2D eigenvalue weighted by molar-refractivity contribution is -0.124. The Morgan fingerprint density at radius 2 is 2.00 bits per heavy atom. The van der Waals surface area contributed by atoms with E-state index in [-0.39, 0.29) is 17.8 Å². The first-order chi connectivity index (χ1) is 15.5. The molecule has 162 valence electrons. The van der Waals surface area contributed by atoms with Crippen LogP contribution in [0.4, 0.5) is 4.39 Å². The van der Waals surface area contributed by atoms with Gasteiger partial charge in [0, 0.05) is 23.7 Å². The second kappa shape index (κ2) is 8.27. The van der Waals surface area contributed by atoms with Crippen molar-refractivity contribution in [2.24, 2.45) is 4.99 Å². The summed E-state index contributed by atoms with van der Waals surface area (Å²) in [5.74, 6) is 0.980. The largest absolute Gasteiger partial charge is 0.495 e. The average Bonchev–Trinajstić information content (AvgIpc) is 3.37. The number of methoxy groups -OCH3 is 1. The quantitative estimate of drug-likeness (QED) is 0.568. The summed E-state index contributed by atoms with van der Waals surface area (Å²) in [6.07, 6.45) is 6.22. The maximum Gasteiger partial charge on any atom is 0.266 e. The van der Waals surface area contributed by atoms with Gasteiger partial charge in [-0.2, -0.15) is 0 Å². The molecule has 5 rings (SSSR count). The highest BCUT2D eigenvalue weighted by Crippen LogP contribution is 2.40. The number of rotatable bonds is 5. The summed E-state index contributed by atoms with van der Waals surface area (Å²) >= 11 is 1.39. The van der Waals surface area contributed by atoms with Crippen LogP contribution in [0.3, 0.4) is 0 Å². The smallest absolute Gasteiger partial charge is 0.266 e. The Balaban J connectivity index is 1.40. The highest BCUT2D eigenvalue weighted by molar-refractivity contribution is 8.04. The minimum atomic E-state index is -0.288. The molecule has 1 aromatic heterocycles. The van der Waals surface area contributed by atoms with E-state index in [1.165, 1.54) is 23.9 Å². The Morgan fingerprint density at radius 1 is 1.19 bits per heavy atom. The number of thioether (sulfide) groups is 1. The number of halogens is 1. The van der Waals surface area contributed by atoms with E-state index in [4.69, 9.17) is 4.74 Å². The lowest BCUT2D eigenvalue weighted by Crippen LogP contribution is -2.38. The molecule has 1 atom stereocenters. The molecule has 3 heterocycles. The molecule has 0 aliphatic carbocycles. The van der Waals surface area contributed by atoms with Gasteiger partial charge in [0.05, 0.1) is 35.8 Å². The molecule has 2 aliphatic heterocycles. The van der Waals surface area contributed by atoms with E-state index >= 15 is 0 Å². The van der Waals surface area contributed by atoms with Crippen LogP contribution in [-0.4, -0.2) is 39.8 Å². The summed E-state index contributed by atoms with van der Waals surface area (Å²) in [6, 6.07) is 12.0. The molecule has 1 amide bonds. The Kier molecular flexibility index (Phi) is 5.30. The molecule has 2 aromatic carbocycles. The van der Waals surface area contributed by atoms with Crippen molar-refractivity contribution >= 4 is 23.5 Å². The van der Waals surface area contributed by atoms with Crippen LogP contribution < -0.4 is 4.74 Å². The minimum Gasteiger partial charge on any atom is -0.495 e. The third-order valence-electron chi connectivity index (χ3n) is 5.55. The maximum absolute atomic E-state index is 13.4. The fourth-order valence-electron chi connectivity index (χ4n) is 4.01. The standard InChI is InChI=1S/C24H21FN4O2S/c1-15-13-28(14-27-15)20-8-7-18(11-21(20)31-2)32-22-12-23-26-10-9-19(29(23)24(22)30)16-3-5-17(25)6-4-16/h3-8,11-14,19H,9-10H2,1-2H3. The number of nitrogens with zero attached hydrogens (tertiary/aromatic N) is 4. The normalized spacial score (nSPS) is 17.8. The van der Waals surface area contributed by atoms with Crippen molar-refractivity contribution in [3.63, 3.8) is 0 Å². The molecule has 8 heteroatoms. The average molecular weight is 449 g/mol. The molecule has 32 heavy (non-hydrogen) atoms. The van der Waals surface area contributed by atoms with Gasteiger partial charge in [-0.15, -0.1) is 0 Å².